The van der Waals surface area contributed by atoms with Crippen molar-refractivity contribution in [1.29, 1.82) is 0 Å². The monoisotopic (exact) mass is 326 g/mol. The average Bonchev–Trinajstić information content (AvgIpc) is 3.04. The number of hydrogen-bond donors (Lipinski definition) is 2. The van der Waals surface area contributed by atoms with Crippen molar-refractivity contribution >= 4 is 33.6 Å². The number of carbonyl (C=O) groups is 1. The molecule has 1 aliphatic rings. The normalized spacial score (nSPS) is 21.3. The van der Waals surface area contributed by atoms with Crippen molar-refractivity contribution in [1.82, 2.24) is 15.0 Å². The summed E-state index contributed by atoms with van der Waals surface area (Å²) >= 11 is 0. The van der Waals surface area contributed by atoms with E-state index in [2.05, 4.69) is 26.8 Å². The molecule has 2 unspecified atom stereocenters. The molecular weight excluding hydrogens is 308 g/mol. The number of carboxylic acid groups (broad SMARTS) is 1. The van der Waals surface area contributed by atoms with Crippen LogP contribution in [-0.2, 0) is 4.74 Å². The molecule has 7 nitrogen and oxygen atoms in total. The van der Waals surface area contributed by atoms with Crippen molar-refractivity contribution < 1.29 is 14.6 Å². The second-order valence-electron chi connectivity index (χ2n) is 6.21. The van der Waals surface area contributed by atoms with Crippen LogP contribution in [0.1, 0.15) is 19.8 Å². The number of nitrogens with one attached hydrogen (secondary N) is 1. The van der Waals surface area contributed by atoms with Gasteiger partial charge in [-0.25, -0.2) is 9.78 Å². The molecule has 0 spiro atoms. The molecule has 0 aromatic carbocycles. The average molecular weight is 326 g/mol. The molecule has 124 valence electrons. The van der Waals surface area contributed by atoms with E-state index in [0.717, 1.165) is 40.3 Å². The number of H-pyrrole nitrogens is 1. The molecule has 0 aliphatic carbocycles. The van der Waals surface area contributed by atoms with Crippen LogP contribution in [0.5, 0.6) is 0 Å². The number of piperidine rings is 1. The summed E-state index contributed by atoms with van der Waals surface area (Å²) in [6.07, 6.45) is 7.40. The molecular formula is C17H18N4O3. The standard InChI is InChI=1S/C17H18N4O3/c1-10-2-3-12(24-17(22)23)9-21(10)14-8-18-6-11-7-20-16-13(15(11)14)4-5-19-16/h4-8,10,12H,2-3,9H2,1H3,(H,19,20)(H,22,23). The highest BCUT2D eigenvalue weighted by atomic mass is 16.7. The van der Waals surface area contributed by atoms with Crippen LogP contribution in [0.3, 0.4) is 0 Å². The van der Waals surface area contributed by atoms with Crippen molar-refractivity contribution in [2.24, 2.45) is 0 Å². The first-order valence-corrected chi connectivity index (χ1v) is 7.99. The van der Waals surface area contributed by atoms with Gasteiger partial charge in [0.2, 0.25) is 0 Å². The lowest BCUT2D eigenvalue weighted by Gasteiger charge is -2.39. The predicted octanol–water partition coefficient (Wildman–Crippen LogP) is 3.16. The van der Waals surface area contributed by atoms with Crippen molar-refractivity contribution in [3.8, 4) is 0 Å². The number of aromatic amines is 1. The van der Waals surface area contributed by atoms with Crippen LogP contribution in [-0.4, -0.2) is 44.9 Å². The maximum absolute atomic E-state index is 10.9. The lowest BCUT2D eigenvalue weighted by molar-refractivity contribution is 0.0427. The first-order valence-electron chi connectivity index (χ1n) is 7.99. The van der Waals surface area contributed by atoms with Crippen molar-refractivity contribution in [2.45, 2.75) is 31.9 Å². The van der Waals surface area contributed by atoms with Crippen LogP contribution in [0.4, 0.5) is 10.5 Å². The van der Waals surface area contributed by atoms with Gasteiger partial charge in [0.15, 0.2) is 0 Å². The molecule has 1 aliphatic heterocycles. The number of anilines is 1. The Morgan fingerprint density at radius 3 is 3.08 bits per heavy atom. The first-order chi connectivity index (χ1) is 11.6. The first kappa shape index (κ1) is 14.7. The number of pyridine rings is 2. The topological polar surface area (TPSA) is 91.3 Å². The van der Waals surface area contributed by atoms with Crippen LogP contribution in [0.15, 0.2) is 30.9 Å². The maximum Gasteiger partial charge on any atom is 0.506 e. The maximum atomic E-state index is 10.9. The molecule has 4 rings (SSSR count). The number of nitrogens with zero attached hydrogens (tertiary/aromatic N) is 3. The Bertz CT molecular complexity index is 907. The number of aromatic nitrogens is 3. The Balaban J connectivity index is 1.82. The summed E-state index contributed by atoms with van der Waals surface area (Å²) in [6.45, 7) is 2.67. The van der Waals surface area contributed by atoms with E-state index >= 15 is 0 Å². The van der Waals surface area contributed by atoms with Gasteiger partial charge in [0.1, 0.15) is 11.8 Å². The second kappa shape index (κ2) is 5.67. The lowest BCUT2D eigenvalue weighted by atomic mass is 9.99. The molecule has 1 saturated heterocycles. The molecule has 2 N–H and O–H groups in total. The van der Waals surface area contributed by atoms with Gasteiger partial charge in [0.05, 0.1) is 18.4 Å². The zero-order valence-electron chi connectivity index (χ0n) is 13.3. The van der Waals surface area contributed by atoms with Gasteiger partial charge >= 0.3 is 6.16 Å². The van der Waals surface area contributed by atoms with Crippen LogP contribution < -0.4 is 4.90 Å². The summed E-state index contributed by atoms with van der Waals surface area (Å²) in [4.78, 5) is 25.0. The van der Waals surface area contributed by atoms with Gasteiger partial charge in [0, 0.05) is 40.8 Å². The Morgan fingerprint density at radius 1 is 1.38 bits per heavy atom. The van der Waals surface area contributed by atoms with Crippen LogP contribution in [0.2, 0.25) is 0 Å². The third kappa shape index (κ3) is 2.42. The molecule has 3 aromatic heterocycles. The van der Waals surface area contributed by atoms with E-state index in [0.29, 0.717) is 6.54 Å². The zero-order chi connectivity index (χ0) is 16.7. The third-order valence-electron chi connectivity index (χ3n) is 4.70. The van der Waals surface area contributed by atoms with Gasteiger partial charge in [-0.2, -0.15) is 0 Å². The Labute approximate surface area is 138 Å². The van der Waals surface area contributed by atoms with Crippen molar-refractivity contribution in [3.05, 3.63) is 30.9 Å². The lowest BCUT2D eigenvalue weighted by Crippen LogP contribution is -2.45. The zero-order valence-corrected chi connectivity index (χ0v) is 13.3. The fourth-order valence-electron chi connectivity index (χ4n) is 3.53. The number of rotatable bonds is 2. The molecule has 3 aromatic rings. The van der Waals surface area contributed by atoms with E-state index in [9.17, 15) is 4.79 Å². The fraction of sp³-hybridized carbons (Fsp3) is 0.353. The highest BCUT2D eigenvalue weighted by Crippen LogP contribution is 2.35. The van der Waals surface area contributed by atoms with Crippen molar-refractivity contribution in [2.75, 3.05) is 11.4 Å². The van der Waals surface area contributed by atoms with E-state index in [1.165, 1.54) is 0 Å². The number of hydrogen-bond acceptors (Lipinski definition) is 5. The second-order valence-corrected chi connectivity index (χ2v) is 6.21. The van der Waals surface area contributed by atoms with Crippen LogP contribution in [0, 0.1) is 0 Å². The van der Waals surface area contributed by atoms with E-state index in [4.69, 9.17) is 9.84 Å². The minimum absolute atomic E-state index is 0.285. The summed E-state index contributed by atoms with van der Waals surface area (Å²) in [6, 6.07) is 2.29. The summed E-state index contributed by atoms with van der Waals surface area (Å²) in [5.74, 6) is 0. The molecule has 24 heavy (non-hydrogen) atoms. The van der Waals surface area contributed by atoms with E-state index in [1.54, 1.807) is 6.20 Å². The van der Waals surface area contributed by atoms with Gasteiger partial charge in [-0.05, 0) is 25.8 Å². The Morgan fingerprint density at radius 2 is 2.25 bits per heavy atom. The quantitative estimate of drug-likeness (QED) is 0.703. The highest BCUT2D eigenvalue weighted by molar-refractivity contribution is 6.11. The molecule has 4 heterocycles. The predicted molar refractivity (Wildman–Crippen MR) is 90.3 cm³/mol. The molecule has 2 atom stereocenters. The number of ether oxygens (including phenoxy) is 1. The molecule has 0 radical (unpaired) electrons. The molecule has 0 bridgehead atoms. The third-order valence-corrected chi connectivity index (χ3v) is 4.70. The summed E-state index contributed by atoms with van der Waals surface area (Å²) in [5, 5.41) is 12.0. The highest BCUT2D eigenvalue weighted by Gasteiger charge is 2.29. The summed E-state index contributed by atoms with van der Waals surface area (Å²) < 4.78 is 5.01. The minimum Gasteiger partial charge on any atom is -0.450 e. The molecule has 0 saturated carbocycles. The van der Waals surface area contributed by atoms with Gasteiger partial charge in [-0.3, -0.25) is 4.98 Å². The number of fused-ring (bicyclic) bond motifs is 3. The van der Waals surface area contributed by atoms with Gasteiger partial charge < -0.3 is 19.7 Å². The van der Waals surface area contributed by atoms with E-state index < -0.39 is 6.16 Å². The summed E-state index contributed by atoms with van der Waals surface area (Å²) in [7, 11) is 0. The van der Waals surface area contributed by atoms with E-state index in [-0.39, 0.29) is 12.1 Å². The van der Waals surface area contributed by atoms with Crippen LogP contribution >= 0.6 is 0 Å². The molecule has 0 amide bonds. The van der Waals surface area contributed by atoms with Gasteiger partial charge in [-0.1, -0.05) is 0 Å². The largest absolute Gasteiger partial charge is 0.506 e. The van der Waals surface area contributed by atoms with E-state index in [1.807, 2.05) is 24.7 Å². The molecule has 7 heteroatoms. The Hall–Kier alpha value is -2.83. The molecule has 1 fully saturated rings. The minimum atomic E-state index is -1.22. The van der Waals surface area contributed by atoms with Gasteiger partial charge in [0.25, 0.3) is 0 Å². The van der Waals surface area contributed by atoms with Crippen molar-refractivity contribution in [3.63, 3.8) is 0 Å². The van der Waals surface area contributed by atoms with Gasteiger partial charge in [-0.15, -0.1) is 0 Å². The summed E-state index contributed by atoms with van der Waals surface area (Å²) in [5.41, 5.74) is 1.82. The smallest absolute Gasteiger partial charge is 0.450 e. The fourth-order valence-corrected chi connectivity index (χ4v) is 3.53. The Kier molecular flexibility index (Phi) is 3.48. The SMILES string of the molecule is CC1CCC(OC(=O)O)CN1c1cncc2cnc3[nH]ccc3c12. The van der Waals surface area contributed by atoms with Crippen LogP contribution in [0.25, 0.3) is 21.8 Å².